The minimum Gasteiger partial charge on any atom is -0.496 e. The normalized spacial score (nSPS) is 13.2. The Bertz CT molecular complexity index is 549. The van der Waals surface area contributed by atoms with E-state index in [2.05, 4.69) is 5.32 Å². The number of methoxy groups -OCH3 is 1. The lowest BCUT2D eigenvalue weighted by Crippen LogP contribution is -2.28. The molecule has 0 saturated heterocycles. The summed E-state index contributed by atoms with van der Waals surface area (Å²) < 4.78 is 5.24. The second kappa shape index (κ2) is 6.75. The van der Waals surface area contributed by atoms with E-state index in [1.54, 1.807) is 7.11 Å². The number of para-hydroxylation sites is 1. The van der Waals surface area contributed by atoms with Crippen LogP contribution < -0.4 is 10.1 Å². The molecule has 5 nitrogen and oxygen atoms in total. The first-order chi connectivity index (χ1) is 9.38. The fraction of sp³-hybridized carbons (Fsp3) is 0.333. The third kappa shape index (κ3) is 3.60. The van der Waals surface area contributed by atoms with Gasteiger partial charge in [0.25, 0.3) is 0 Å². The topological polar surface area (TPSA) is 75.6 Å². The molecular formula is C15H19NO4. The molecule has 0 heterocycles. The molecule has 0 aliphatic heterocycles. The van der Waals surface area contributed by atoms with Crippen LogP contribution in [0, 0.1) is 0 Å². The Hall–Kier alpha value is -2.30. The first-order valence-electron chi connectivity index (χ1n) is 6.23. The average Bonchev–Trinajstić information content (AvgIpc) is 2.45. The number of carboxylic acid groups (broad SMARTS) is 1. The summed E-state index contributed by atoms with van der Waals surface area (Å²) in [5.74, 6) is -0.817. The van der Waals surface area contributed by atoms with Crippen molar-refractivity contribution in [2.45, 2.75) is 26.8 Å². The van der Waals surface area contributed by atoms with Crippen molar-refractivity contribution < 1.29 is 19.4 Å². The van der Waals surface area contributed by atoms with Gasteiger partial charge in [-0.25, -0.2) is 4.79 Å². The molecule has 1 amide bonds. The lowest BCUT2D eigenvalue weighted by Gasteiger charge is -2.17. The Morgan fingerprint density at radius 2 is 1.80 bits per heavy atom. The van der Waals surface area contributed by atoms with Crippen LogP contribution in [0.3, 0.4) is 0 Å². The molecule has 1 aromatic carbocycles. The van der Waals surface area contributed by atoms with Crippen LogP contribution >= 0.6 is 0 Å². The number of carboxylic acids is 1. The number of hydrogen-bond acceptors (Lipinski definition) is 3. The number of rotatable bonds is 5. The summed E-state index contributed by atoms with van der Waals surface area (Å²) in [6.07, 6.45) is 0. The van der Waals surface area contributed by atoms with Gasteiger partial charge in [0.15, 0.2) is 0 Å². The minimum absolute atomic E-state index is 0.0368. The van der Waals surface area contributed by atoms with Crippen LogP contribution in [0.15, 0.2) is 35.4 Å². The number of ether oxygens (including phenoxy) is 1. The molecule has 0 aromatic heterocycles. The van der Waals surface area contributed by atoms with Crippen molar-refractivity contribution in [1.82, 2.24) is 5.32 Å². The summed E-state index contributed by atoms with van der Waals surface area (Å²) in [7, 11) is 1.56. The molecule has 2 N–H and O–H groups in total. The first-order valence-corrected chi connectivity index (χ1v) is 6.23. The van der Waals surface area contributed by atoms with Crippen molar-refractivity contribution in [2.75, 3.05) is 7.11 Å². The van der Waals surface area contributed by atoms with E-state index in [0.29, 0.717) is 5.75 Å². The quantitative estimate of drug-likeness (QED) is 0.810. The molecule has 108 valence electrons. The molecule has 20 heavy (non-hydrogen) atoms. The van der Waals surface area contributed by atoms with Crippen LogP contribution in [0.1, 0.15) is 32.4 Å². The van der Waals surface area contributed by atoms with Crippen LogP contribution in [0.5, 0.6) is 5.75 Å². The highest BCUT2D eigenvalue weighted by Crippen LogP contribution is 2.24. The summed E-state index contributed by atoms with van der Waals surface area (Å²) >= 11 is 0. The van der Waals surface area contributed by atoms with E-state index < -0.39 is 11.9 Å². The van der Waals surface area contributed by atoms with Crippen molar-refractivity contribution >= 4 is 11.9 Å². The highest BCUT2D eigenvalue weighted by atomic mass is 16.5. The molecule has 0 fully saturated rings. The summed E-state index contributed by atoms with van der Waals surface area (Å²) in [4.78, 5) is 22.8. The van der Waals surface area contributed by atoms with Gasteiger partial charge in [0, 0.05) is 16.7 Å². The van der Waals surface area contributed by atoms with Crippen molar-refractivity contribution in [2.24, 2.45) is 0 Å². The number of nitrogens with one attached hydrogen (secondary N) is 1. The SMILES string of the molecule is COc1ccccc1[C@H](C)NC(=O)/C(C)=C(/C)C(=O)O. The lowest BCUT2D eigenvalue weighted by molar-refractivity contribution is -0.133. The van der Waals surface area contributed by atoms with Crippen molar-refractivity contribution in [3.63, 3.8) is 0 Å². The highest BCUT2D eigenvalue weighted by molar-refractivity contribution is 6.01. The van der Waals surface area contributed by atoms with E-state index in [-0.39, 0.29) is 17.2 Å². The van der Waals surface area contributed by atoms with Gasteiger partial charge in [-0.3, -0.25) is 4.79 Å². The van der Waals surface area contributed by atoms with Gasteiger partial charge in [0.1, 0.15) is 5.75 Å². The molecule has 1 rings (SSSR count). The van der Waals surface area contributed by atoms with Gasteiger partial charge in [-0.15, -0.1) is 0 Å². The second-order valence-corrected chi connectivity index (χ2v) is 4.49. The van der Waals surface area contributed by atoms with Crippen LogP contribution in [0.2, 0.25) is 0 Å². The largest absolute Gasteiger partial charge is 0.496 e. The Morgan fingerprint density at radius 3 is 2.35 bits per heavy atom. The van der Waals surface area contributed by atoms with Gasteiger partial charge in [-0.05, 0) is 26.8 Å². The zero-order chi connectivity index (χ0) is 15.3. The summed E-state index contributed by atoms with van der Waals surface area (Å²) in [5, 5.41) is 11.6. The molecule has 0 aliphatic rings. The summed E-state index contributed by atoms with van der Waals surface area (Å²) in [6, 6.07) is 7.08. The van der Waals surface area contributed by atoms with Crippen LogP contribution in [0.25, 0.3) is 0 Å². The van der Waals surface area contributed by atoms with E-state index in [0.717, 1.165) is 5.56 Å². The molecular weight excluding hydrogens is 258 g/mol. The second-order valence-electron chi connectivity index (χ2n) is 4.49. The Morgan fingerprint density at radius 1 is 1.20 bits per heavy atom. The number of aliphatic carboxylic acids is 1. The van der Waals surface area contributed by atoms with Crippen molar-refractivity contribution in [3.05, 3.63) is 41.0 Å². The van der Waals surface area contributed by atoms with Gasteiger partial charge in [-0.1, -0.05) is 18.2 Å². The van der Waals surface area contributed by atoms with E-state index in [1.165, 1.54) is 13.8 Å². The number of carbonyl (C=O) groups excluding carboxylic acids is 1. The number of benzene rings is 1. The van der Waals surface area contributed by atoms with Crippen LogP contribution in [-0.4, -0.2) is 24.1 Å². The molecule has 0 spiro atoms. The van der Waals surface area contributed by atoms with E-state index >= 15 is 0 Å². The maximum atomic E-state index is 12.0. The molecule has 0 unspecified atom stereocenters. The number of carbonyl (C=O) groups is 2. The first kappa shape index (κ1) is 15.8. The van der Waals surface area contributed by atoms with E-state index in [1.807, 2.05) is 31.2 Å². The zero-order valence-electron chi connectivity index (χ0n) is 12.1. The predicted octanol–water partition coefficient (Wildman–Crippen LogP) is 2.29. The zero-order valence-corrected chi connectivity index (χ0v) is 12.1. The standard InChI is InChI=1S/C15H19NO4/c1-9(10(2)15(18)19)14(17)16-11(3)12-7-5-6-8-13(12)20-4/h5-8,11H,1-4H3,(H,16,17)(H,18,19)/b10-9-/t11-/m0/s1. The van der Waals surface area contributed by atoms with Gasteiger partial charge < -0.3 is 15.2 Å². The van der Waals surface area contributed by atoms with Gasteiger partial charge in [0.05, 0.1) is 13.2 Å². The maximum Gasteiger partial charge on any atom is 0.331 e. The van der Waals surface area contributed by atoms with Crippen LogP contribution in [0.4, 0.5) is 0 Å². The lowest BCUT2D eigenvalue weighted by atomic mass is 10.1. The third-order valence-electron chi connectivity index (χ3n) is 3.18. The van der Waals surface area contributed by atoms with Gasteiger partial charge in [-0.2, -0.15) is 0 Å². The van der Waals surface area contributed by atoms with E-state index in [4.69, 9.17) is 9.84 Å². The molecule has 1 atom stereocenters. The molecule has 5 heteroatoms. The van der Waals surface area contributed by atoms with E-state index in [9.17, 15) is 9.59 Å². The third-order valence-corrected chi connectivity index (χ3v) is 3.18. The Kier molecular flexibility index (Phi) is 5.32. The molecule has 0 radical (unpaired) electrons. The van der Waals surface area contributed by atoms with Gasteiger partial charge >= 0.3 is 5.97 Å². The summed E-state index contributed by atoms with van der Waals surface area (Å²) in [5.41, 5.74) is 1.07. The average molecular weight is 277 g/mol. The molecule has 0 aliphatic carbocycles. The van der Waals surface area contributed by atoms with Crippen LogP contribution in [-0.2, 0) is 9.59 Å². The predicted molar refractivity (Wildman–Crippen MR) is 75.6 cm³/mol. The molecule has 1 aromatic rings. The maximum absolute atomic E-state index is 12.0. The Balaban J connectivity index is 2.91. The van der Waals surface area contributed by atoms with Crippen molar-refractivity contribution in [3.8, 4) is 5.75 Å². The molecule has 0 bridgehead atoms. The fourth-order valence-corrected chi connectivity index (χ4v) is 1.74. The smallest absolute Gasteiger partial charge is 0.331 e. The minimum atomic E-state index is -1.09. The van der Waals surface area contributed by atoms with Gasteiger partial charge in [0.2, 0.25) is 5.91 Å². The fourth-order valence-electron chi connectivity index (χ4n) is 1.74. The monoisotopic (exact) mass is 277 g/mol. The highest BCUT2D eigenvalue weighted by Gasteiger charge is 2.17. The summed E-state index contributed by atoms with van der Waals surface area (Å²) in [6.45, 7) is 4.72. The Labute approximate surface area is 118 Å². The number of hydrogen-bond donors (Lipinski definition) is 2. The van der Waals surface area contributed by atoms with Crippen molar-refractivity contribution in [1.29, 1.82) is 0 Å². The number of amides is 1. The molecule has 0 saturated carbocycles.